The molecule has 6 nitrogen and oxygen atoms in total. The van der Waals surface area contributed by atoms with Crippen LogP contribution in [0.2, 0.25) is 0 Å². The number of esters is 2. The number of carbonyl (C=O) groups excluding carboxylic acids is 2. The highest BCUT2D eigenvalue weighted by Crippen LogP contribution is 2.32. The zero-order valence-corrected chi connectivity index (χ0v) is 10.5. The van der Waals surface area contributed by atoms with Gasteiger partial charge in [0.25, 0.3) is 0 Å². The first-order chi connectivity index (χ1) is 8.08. The lowest BCUT2D eigenvalue weighted by Gasteiger charge is -2.27. The minimum atomic E-state index is -1.26. The van der Waals surface area contributed by atoms with E-state index in [4.69, 9.17) is 20.9 Å². The van der Waals surface area contributed by atoms with E-state index in [2.05, 4.69) is 0 Å². The molecular formula is C11H22N2O4. The molecule has 0 spiro atoms. The van der Waals surface area contributed by atoms with E-state index in [1.54, 1.807) is 0 Å². The Morgan fingerprint density at radius 2 is 1.29 bits per heavy atom. The van der Waals surface area contributed by atoms with Crippen LogP contribution in [0.5, 0.6) is 0 Å². The van der Waals surface area contributed by atoms with E-state index in [0.717, 1.165) is 0 Å². The smallest absolute Gasteiger partial charge is 0.323 e. The highest BCUT2D eigenvalue weighted by Gasteiger charge is 2.47. The molecule has 0 bridgehead atoms. The Morgan fingerprint density at radius 3 is 1.53 bits per heavy atom. The van der Waals surface area contributed by atoms with Crippen molar-refractivity contribution in [2.24, 2.45) is 16.9 Å². The summed E-state index contributed by atoms with van der Waals surface area (Å²) in [4.78, 5) is 23.7. The van der Waals surface area contributed by atoms with Crippen molar-refractivity contribution >= 4 is 11.9 Å². The van der Waals surface area contributed by atoms with Gasteiger partial charge in [-0.05, 0) is 38.8 Å². The number of carbonyl (C=O) groups is 2. The van der Waals surface area contributed by atoms with Gasteiger partial charge in [0.05, 0.1) is 14.2 Å². The summed E-state index contributed by atoms with van der Waals surface area (Å²) < 4.78 is 9.42. The van der Waals surface area contributed by atoms with E-state index in [9.17, 15) is 9.59 Å². The molecule has 0 amide bonds. The van der Waals surface area contributed by atoms with Gasteiger partial charge in [0.15, 0.2) is 5.41 Å². The molecule has 0 unspecified atom stereocenters. The minimum absolute atomic E-state index is 0.322. The topological polar surface area (TPSA) is 105 Å². The number of rotatable bonds is 8. The van der Waals surface area contributed by atoms with E-state index in [-0.39, 0.29) is 0 Å². The normalized spacial score (nSPS) is 11.1. The lowest BCUT2D eigenvalue weighted by Crippen LogP contribution is -2.42. The summed E-state index contributed by atoms with van der Waals surface area (Å²) in [5.74, 6) is -1.16. The largest absolute Gasteiger partial charge is 0.468 e. The van der Waals surface area contributed by atoms with Crippen LogP contribution in [-0.2, 0) is 19.1 Å². The maximum absolute atomic E-state index is 11.8. The molecule has 0 aliphatic rings. The molecule has 0 aromatic heterocycles. The van der Waals surface area contributed by atoms with Gasteiger partial charge in [-0.1, -0.05) is 0 Å². The predicted molar refractivity (Wildman–Crippen MR) is 63.0 cm³/mol. The maximum Gasteiger partial charge on any atom is 0.323 e. The average Bonchev–Trinajstić information content (AvgIpc) is 2.37. The third-order valence-corrected chi connectivity index (χ3v) is 2.77. The average molecular weight is 246 g/mol. The van der Waals surface area contributed by atoms with Crippen molar-refractivity contribution in [2.75, 3.05) is 27.3 Å². The highest BCUT2D eigenvalue weighted by atomic mass is 16.5. The van der Waals surface area contributed by atoms with Gasteiger partial charge in [0.1, 0.15) is 0 Å². The second-order valence-electron chi connectivity index (χ2n) is 3.85. The lowest BCUT2D eigenvalue weighted by atomic mass is 9.79. The standard InChI is InChI=1S/C11H22N2O4/c1-16-9(14)11(5-3-7-12,6-4-8-13)10(15)17-2/h3-8,12-13H2,1-2H3. The monoisotopic (exact) mass is 246 g/mol. The molecule has 0 aromatic rings. The Morgan fingerprint density at radius 1 is 0.941 bits per heavy atom. The van der Waals surface area contributed by atoms with Gasteiger partial charge >= 0.3 is 11.9 Å². The second kappa shape index (κ2) is 8.03. The SMILES string of the molecule is COC(=O)C(CCCN)(CCCN)C(=O)OC. The van der Waals surface area contributed by atoms with E-state index in [1.807, 2.05) is 0 Å². The van der Waals surface area contributed by atoms with E-state index < -0.39 is 17.4 Å². The number of ether oxygens (including phenoxy) is 2. The molecular weight excluding hydrogens is 224 g/mol. The van der Waals surface area contributed by atoms with E-state index in [0.29, 0.717) is 38.8 Å². The molecule has 0 saturated carbocycles. The van der Waals surface area contributed by atoms with Crippen molar-refractivity contribution < 1.29 is 19.1 Å². The number of nitrogens with two attached hydrogens (primary N) is 2. The van der Waals surface area contributed by atoms with Gasteiger partial charge in [0, 0.05) is 0 Å². The molecule has 0 radical (unpaired) electrons. The summed E-state index contributed by atoms with van der Waals surface area (Å²) in [6, 6.07) is 0. The fourth-order valence-electron chi connectivity index (χ4n) is 1.81. The Labute approximate surface area is 102 Å². The van der Waals surface area contributed by atoms with E-state index >= 15 is 0 Å². The van der Waals surface area contributed by atoms with Gasteiger partial charge in [0.2, 0.25) is 0 Å². The Kier molecular flexibility index (Phi) is 7.49. The maximum atomic E-state index is 11.8. The summed E-state index contributed by atoms with van der Waals surface area (Å²) in [5.41, 5.74) is 9.58. The summed E-state index contributed by atoms with van der Waals surface area (Å²) in [5, 5.41) is 0. The van der Waals surface area contributed by atoms with Gasteiger partial charge in [-0.25, -0.2) is 0 Å². The van der Waals surface area contributed by atoms with Crippen molar-refractivity contribution in [3.63, 3.8) is 0 Å². The van der Waals surface area contributed by atoms with Crippen LogP contribution < -0.4 is 11.5 Å². The van der Waals surface area contributed by atoms with Gasteiger partial charge in [-0.15, -0.1) is 0 Å². The van der Waals surface area contributed by atoms with Crippen LogP contribution in [0.3, 0.4) is 0 Å². The molecule has 0 aliphatic heterocycles. The number of hydrogen-bond acceptors (Lipinski definition) is 6. The molecule has 0 heterocycles. The Bertz CT molecular complexity index is 230. The first-order valence-electron chi connectivity index (χ1n) is 5.66. The number of methoxy groups -OCH3 is 2. The Balaban J connectivity index is 5.04. The predicted octanol–water partition coefficient (Wildman–Crippen LogP) is -0.203. The fourth-order valence-corrected chi connectivity index (χ4v) is 1.81. The first-order valence-corrected chi connectivity index (χ1v) is 5.66. The van der Waals surface area contributed by atoms with Crippen molar-refractivity contribution in [3.05, 3.63) is 0 Å². The van der Waals surface area contributed by atoms with Crippen molar-refractivity contribution in [3.8, 4) is 0 Å². The van der Waals surface area contributed by atoms with Crippen LogP contribution in [0, 0.1) is 5.41 Å². The van der Waals surface area contributed by atoms with Crippen LogP contribution >= 0.6 is 0 Å². The number of hydrogen-bond donors (Lipinski definition) is 2. The second-order valence-corrected chi connectivity index (χ2v) is 3.85. The molecule has 0 aliphatic carbocycles. The summed E-state index contributed by atoms with van der Waals surface area (Å²) >= 11 is 0. The molecule has 0 atom stereocenters. The quantitative estimate of drug-likeness (QED) is 0.454. The van der Waals surface area contributed by atoms with E-state index in [1.165, 1.54) is 14.2 Å². The summed E-state index contributed by atoms with van der Waals surface area (Å²) in [7, 11) is 2.51. The zero-order valence-electron chi connectivity index (χ0n) is 10.5. The van der Waals surface area contributed by atoms with Crippen LogP contribution in [0.25, 0.3) is 0 Å². The Hall–Kier alpha value is -1.14. The molecule has 6 heteroatoms. The van der Waals surface area contributed by atoms with Crippen molar-refractivity contribution in [1.82, 2.24) is 0 Å². The van der Waals surface area contributed by atoms with Gasteiger partial charge in [-0.2, -0.15) is 0 Å². The first kappa shape index (κ1) is 15.9. The third kappa shape index (κ3) is 3.98. The highest BCUT2D eigenvalue weighted by molar-refractivity contribution is 5.99. The minimum Gasteiger partial charge on any atom is -0.468 e. The molecule has 4 N–H and O–H groups in total. The van der Waals surface area contributed by atoms with Gasteiger partial charge < -0.3 is 20.9 Å². The van der Waals surface area contributed by atoms with Gasteiger partial charge in [-0.3, -0.25) is 9.59 Å². The zero-order chi connectivity index (χ0) is 13.3. The summed E-state index contributed by atoms with van der Waals surface area (Å²) in [6.45, 7) is 0.802. The molecule has 0 aromatic carbocycles. The molecule has 100 valence electrons. The molecule has 0 fully saturated rings. The fraction of sp³-hybridized carbons (Fsp3) is 0.818. The summed E-state index contributed by atoms with van der Waals surface area (Å²) in [6.07, 6.45) is 1.75. The molecule has 0 rings (SSSR count). The lowest BCUT2D eigenvalue weighted by molar-refractivity contribution is -0.170. The molecule has 17 heavy (non-hydrogen) atoms. The van der Waals surface area contributed by atoms with Crippen LogP contribution in [-0.4, -0.2) is 39.2 Å². The van der Waals surface area contributed by atoms with Crippen molar-refractivity contribution in [2.45, 2.75) is 25.7 Å². The van der Waals surface area contributed by atoms with Crippen LogP contribution in [0.15, 0.2) is 0 Å². The molecule has 0 saturated heterocycles. The van der Waals surface area contributed by atoms with Crippen molar-refractivity contribution in [1.29, 1.82) is 0 Å². The van der Waals surface area contributed by atoms with Crippen LogP contribution in [0.1, 0.15) is 25.7 Å². The van der Waals surface area contributed by atoms with Crippen LogP contribution in [0.4, 0.5) is 0 Å². The third-order valence-electron chi connectivity index (χ3n) is 2.77.